The fourth-order valence-corrected chi connectivity index (χ4v) is 5.49. The fourth-order valence-electron chi connectivity index (χ4n) is 4.23. The fraction of sp³-hybridized carbons (Fsp3) is 0.370. The summed E-state index contributed by atoms with van der Waals surface area (Å²) in [6.45, 7) is 5.26. The van der Waals surface area contributed by atoms with Gasteiger partial charge in [-0.15, -0.1) is 11.3 Å². The summed E-state index contributed by atoms with van der Waals surface area (Å²) >= 11 is 7.07. The minimum atomic E-state index is -0.175. The van der Waals surface area contributed by atoms with Gasteiger partial charge in [-0.2, -0.15) is 0 Å². The van der Waals surface area contributed by atoms with E-state index in [4.69, 9.17) is 21.9 Å². The van der Waals surface area contributed by atoms with Gasteiger partial charge in [-0.1, -0.05) is 49.4 Å². The van der Waals surface area contributed by atoms with Crippen molar-refractivity contribution in [2.24, 2.45) is 0 Å². The highest BCUT2D eigenvalue weighted by Crippen LogP contribution is 2.32. The third-order valence-electron chi connectivity index (χ3n) is 6.32. The Morgan fingerprint density at radius 2 is 1.91 bits per heavy atom. The quantitative estimate of drug-likeness (QED) is 0.317. The lowest BCUT2D eigenvalue weighted by Crippen LogP contribution is -2.44. The van der Waals surface area contributed by atoms with Crippen LogP contribution in [-0.4, -0.2) is 54.3 Å². The summed E-state index contributed by atoms with van der Waals surface area (Å²) < 4.78 is 5.07. The van der Waals surface area contributed by atoms with Gasteiger partial charge in [-0.25, -0.2) is 4.98 Å². The molecular formula is C27H32N4O2S2. The van der Waals surface area contributed by atoms with E-state index in [-0.39, 0.29) is 5.91 Å². The van der Waals surface area contributed by atoms with E-state index in [1.165, 1.54) is 5.56 Å². The standard InChI is InChI=1S/C27H32N4O2S2/c1-3-19-8-10-20(11-9-19)22-6-4-5-7-23(22)29-25(32)24-18-35-26(30-24)21-12-15-31(16-13-21)27(34)28-14-17-33-2/h4-11,18,21H,3,12-17H2,1-2H3,(H,28,34)(H,29,32). The van der Waals surface area contributed by atoms with E-state index < -0.39 is 0 Å². The van der Waals surface area contributed by atoms with Gasteiger partial charge >= 0.3 is 0 Å². The molecule has 0 atom stereocenters. The molecule has 1 aromatic heterocycles. The first kappa shape index (κ1) is 25.3. The number of thiazole rings is 1. The van der Waals surface area contributed by atoms with E-state index in [9.17, 15) is 4.79 Å². The van der Waals surface area contributed by atoms with E-state index in [0.717, 1.165) is 59.3 Å². The Balaban J connectivity index is 1.37. The molecule has 0 spiro atoms. The molecule has 0 unspecified atom stereocenters. The monoisotopic (exact) mass is 508 g/mol. The number of aryl methyl sites for hydroxylation is 1. The van der Waals surface area contributed by atoms with Crippen LogP contribution in [0.15, 0.2) is 53.9 Å². The van der Waals surface area contributed by atoms with Crippen LogP contribution in [0.4, 0.5) is 5.69 Å². The van der Waals surface area contributed by atoms with Crippen LogP contribution in [0.3, 0.4) is 0 Å². The minimum Gasteiger partial charge on any atom is -0.383 e. The molecule has 4 rings (SSSR count). The first-order valence-electron chi connectivity index (χ1n) is 12.1. The highest BCUT2D eigenvalue weighted by molar-refractivity contribution is 7.80. The van der Waals surface area contributed by atoms with Crippen molar-refractivity contribution < 1.29 is 9.53 Å². The molecule has 0 bridgehead atoms. The van der Waals surface area contributed by atoms with Gasteiger partial charge in [-0.3, -0.25) is 4.79 Å². The van der Waals surface area contributed by atoms with Crippen LogP contribution in [0.25, 0.3) is 11.1 Å². The number of rotatable bonds is 8. The van der Waals surface area contributed by atoms with Crippen molar-refractivity contribution in [3.63, 3.8) is 0 Å². The third kappa shape index (κ3) is 6.45. The van der Waals surface area contributed by atoms with Gasteiger partial charge in [0.05, 0.1) is 11.6 Å². The Labute approximate surface area is 216 Å². The number of hydrogen-bond donors (Lipinski definition) is 2. The first-order valence-corrected chi connectivity index (χ1v) is 13.3. The van der Waals surface area contributed by atoms with Crippen molar-refractivity contribution in [3.8, 4) is 11.1 Å². The molecule has 8 heteroatoms. The van der Waals surface area contributed by atoms with E-state index in [1.807, 2.05) is 29.6 Å². The van der Waals surface area contributed by atoms with Crippen LogP contribution in [0.2, 0.25) is 0 Å². The highest BCUT2D eigenvalue weighted by atomic mass is 32.1. The molecule has 2 heterocycles. The lowest BCUT2D eigenvalue weighted by atomic mass is 9.98. The number of carbonyl (C=O) groups excluding carboxylic acids is 1. The summed E-state index contributed by atoms with van der Waals surface area (Å²) in [4.78, 5) is 20.0. The number of methoxy groups -OCH3 is 1. The number of nitrogens with one attached hydrogen (secondary N) is 2. The molecule has 2 aromatic carbocycles. The lowest BCUT2D eigenvalue weighted by molar-refractivity contribution is 0.102. The number of aromatic nitrogens is 1. The molecule has 35 heavy (non-hydrogen) atoms. The number of amides is 1. The number of thiocarbonyl (C=S) groups is 1. The molecule has 6 nitrogen and oxygen atoms in total. The van der Waals surface area contributed by atoms with Gasteiger partial charge < -0.3 is 20.3 Å². The maximum Gasteiger partial charge on any atom is 0.275 e. The van der Waals surface area contributed by atoms with Crippen LogP contribution in [0.5, 0.6) is 0 Å². The average Bonchev–Trinajstić information content (AvgIpc) is 3.40. The molecule has 2 N–H and O–H groups in total. The van der Waals surface area contributed by atoms with Crippen LogP contribution >= 0.6 is 23.6 Å². The largest absolute Gasteiger partial charge is 0.383 e. The third-order valence-corrected chi connectivity index (χ3v) is 7.73. The predicted octanol–water partition coefficient (Wildman–Crippen LogP) is 5.33. The van der Waals surface area contributed by atoms with Gasteiger partial charge in [0.15, 0.2) is 5.11 Å². The normalized spacial score (nSPS) is 14.1. The second-order valence-electron chi connectivity index (χ2n) is 8.61. The lowest BCUT2D eigenvalue weighted by Gasteiger charge is -2.33. The van der Waals surface area contributed by atoms with Crippen molar-refractivity contribution in [2.75, 3.05) is 38.7 Å². The first-order chi connectivity index (χ1) is 17.1. The zero-order valence-corrected chi connectivity index (χ0v) is 21.9. The number of ether oxygens (including phenoxy) is 1. The Kier molecular flexibility index (Phi) is 8.84. The van der Waals surface area contributed by atoms with Crippen LogP contribution in [-0.2, 0) is 11.2 Å². The molecular weight excluding hydrogens is 476 g/mol. The number of para-hydroxylation sites is 1. The van der Waals surface area contributed by atoms with Gasteiger partial charge in [0.25, 0.3) is 5.91 Å². The molecule has 3 aromatic rings. The summed E-state index contributed by atoms with van der Waals surface area (Å²) in [5.41, 5.74) is 4.64. The molecule has 1 aliphatic heterocycles. The van der Waals surface area contributed by atoms with Crippen LogP contribution in [0, 0.1) is 0 Å². The topological polar surface area (TPSA) is 66.5 Å². The number of carbonyl (C=O) groups is 1. The maximum atomic E-state index is 13.0. The maximum absolute atomic E-state index is 13.0. The molecule has 1 saturated heterocycles. The SMILES string of the molecule is CCc1ccc(-c2ccccc2NC(=O)c2csc(C3CCN(C(=S)NCCOC)CC3)n2)cc1. The van der Waals surface area contributed by atoms with Crippen molar-refractivity contribution in [1.82, 2.24) is 15.2 Å². The Hall–Kier alpha value is -2.81. The van der Waals surface area contributed by atoms with E-state index in [0.29, 0.717) is 24.8 Å². The Morgan fingerprint density at radius 1 is 1.17 bits per heavy atom. The van der Waals surface area contributed by atoms with Gasteiger partial charge in [0, 0.05) is 49.3 Å². The van der Waals surface area contributed by atoms with Crippen molar-refractivity contribution in [1.29, 1.82) is 0 Å². The molecule has 1 aliphatic rings. The summed E-state index contributed by atoms with van der Waals surface area (Å²) in [6.07, 6.45) is 2.94. The minimum absolute atomic E-state index is 0.175. The van der Waals surface area contributed by atoms with Gasteiger partial charge in [0.2, 0.25) is 0 Å². The molecule has 1 fully saturated rings. The number of anilines is 1. The smallest absolute Gasteiger partial charge is 0.275 e. The van der Waals surface area contributed by atoms with Gasteiger partial charge in [0.1, 0.15) is 5.69 Å². The number of hydrogen-bond acceptors (Lipinski definition) is 5. The number of likely N-dealkylation sites (tertiary alicyclic amines) is 1. The highest BCUT2D eigenvalue weighted by Gasteiger charge is 2.25. The molecule has 0 radical (unpaired) electrons. The zero-order chi connectivity index (χ0) is 24.6. The van der Waals surface area contributed by atoms with E-state index in [2.05, 4.69) is 46.7 Å². The van der Waals surface area contributed by atoms with Crippen LogP contribution < -0.4 is 10.6 Å². The molecule has 1 amide bonds. The second-order valence-corrected chi connectivity index (χ2v) is 9.88. The van der Waals surface area contributed by atoms with Crippen molar-refractivity contribution in [2.45, 2.75) is 32.1 Å². The zero-order valence-electron chi connectivity index (χ0n) is 20.3. The van der Waals surface area contributed by atoms with Crippen molar-refractivity contribution in [3.05, 3.63) is 70.2 Å². The Bertz CT molecular complexity index is 1140. The summed E-state index contributed by atoms with van der Waals surface area (Å²) in [6, 6.07) is 16.4. The number of benzene rings is 2. The molecule has 184 valence electrons. The summed E-state index contributed by atoms with van der Waals surface area (Å²) in [7, 11) is 1.68. The number of piperidine rings is 1. The summed E-state index contributed by atoms with van der Waals surface area (Å²) in [5, 5.41) is 9.99. The Morgan fingerprint density at radius 3 is 2.63 bits per heavy atom. The predicted molar refractivity (Wildman–Crippen MR) is 147 cm³/mol. The van der Waals surface area contributed by atoms with E-state index in [1.54, 1.807) is 18.4 Å². The van der Waals surface area contributed by atoms with E-state index >= 15 is 0 Å². The van der Waals surface area contributed by atoms with Gasteiger partial charge in [-0.05, 0) is 48.7 Å². The second kappa shape index (κ2) is 12.2. The average molecular weight is 509 g/mol. The van der Waals surface area contributed by atoms with Crippen molar-refractivity contribution >= 4 is 40.3 Å². The molecule has 0 saturated carbocycles. The summed E-state index contributed by atoms with van der Waals surface area (Å²) in [5.74, 6) is 0.176. The number of nitrogens with zero attached hydrogens (tertiary/aromatic N) is 2. The molecule has 0 aliphatic carbocycles. The van der Waals surface area contributed by atoms with Crippen LogP contribution in [0.1, 0.15) is 46.7 Å².